The van der Waals surface area contributed by atoms with E-state index in [0.29, 0.717) is 12.1 Å². The highest BCUT2D eigenvalue weighted by Gasteiger charge is 2.48. The quantitative estimate of drug-likeness (QED) is 0.437. The van der Waals surface area contributed by atoms with Crippen LogP contribution in [0.25, 0.3) is 6.08 Å². The Labute approximate surface area is 147 Å². The summed E-state index contributed by atoms with van der Waals surface area (Å²) in [6, 6.07) is 16.4. The van der Waals surface area contributed by atoms with Crippen molar-refractivity contribution in [3.05, 3.63) is 81.9 Å². The molecule has 1 fully saturated rings. The van der Waals surface area contributed by atoms with Crippen LogP contribution in [0.1, 0.15) is 30.1 Å². The number of nitrogens with zero attached hydrogens (tertiary/aromatic N) is 1. The molecule has 0 aliphatic heterocycles. The zero-order valence-corrected chi connectivity index (χ0v) is 14.0. The lowest BCUT2D eigenvalue weighted by molar-refractivity contribution is -0.385. The van der Waals surface area contributed by atoms with Gasteiger partial charge in [-0.1, -0.05) is 54.6 Å². The molecule has 2 aromatic rings. The Morgan fingerprint density at radius 2 is 1.84 bits per heavy atom. The topological polar surface area (TPSA) is 75.4 Å². The smallest absolute Gasteiger partial charge is 0.276 e. The predicted molar refractivity (Wildman–Crippen MR) is 98.1 cm³/mol. The molecule has 0 bridgehead atoms. The monoisotopic (exact) mass is 338 g/mol. The number of para-hydroxylation sites is 1. The summed E-state index contributed by atoms with van der Waals surface area (Å²) in [6.07, 6.45) is 5.19. The van der Waals surface area contributed by atoms with E-state index >= 15 is 0 Å². The van der Waals surface area contributed by atoms with Gasteiger partial charge in [0.25, 0.3) is 5.69 Å². The Hall–Kier alpha value is -2.50. The molecule has 0 radical (unpaired) electrons. The van der Waals surface area contributed by atoms with Gasteiger partial charge in [0.1, 0.15) is 0 Å². The van der Waals surface area contributed by atoms with Gasteiger partial charge in [-0.2, -0.15) is 0 Å². The molecule has 0 saturated heterocycles. The van der Waals surface area contributed by atoms with Crippen molar-refractivity contribution in [2.45, 2.75) is 18.9 Å². The van der Waals surface area contributed by atoms with E-state index in [1.807, 2.05) is 36.4 Å². The van der Waals surface area contributed by atoms with E-state index in [2.05, 4.69) is 5.32 Å². The number of rotatable bonds is 8. The molecular formula is C20H22N2O3. The van der Waals surface area contributed by atoms with Crippen molar-refractivity contribution in [1.82, 2.24) is 5.32 Å². The molecule has 5 heteroatoms. The number of nitro groups is 1. The first-order chi connectivity index (χ1) is 12.1. The number of benzene rings is 2. The van der Waals surface area contributed by atoms with Crippen LogP contribution in [-0.2, 0) is 0 Å². The van der Waals surface area contributed by atoms with E-state index in [1.165, 1.54) is 6.07 Å². The molecule has 25 heavy (non-hydrogen) atoms. The summed E-state index contributed by atoms with van der Waals surface area (Å²) >= 11 is 0. The van der Waals surface area contributed by atoms with Crippen LogP contribution in [0.15, 0.2) is 60.7 Å². The fourth-order valence-corrected chi connectivity index (χ4v) is 3.08. The number of aliphatic hydroxyl groups excluding tert-OH is 1. The third-order valence-corrected chi connectivity index (χ3v) is 4.76. The summed E-state index contributed by atoms with van der Waals surface area (Å²) in [7, 11) is 0. The van der Waals surface area contributed by atoms with Crippen LogP contribution in [0.4, 0.5) is 5.69 Å². The number of hydrogen-bond acceptors (Lipinski definition) is 4. The summed E-state index contributed by atoms with van der Waals surface area (Å²) in [4.78, 5) is 10.6. The van der Waals surface area contributed by atoms with Gasteiger partial charge < -0.3 is 10.4 Å². The van der Waals surface area contributed by atoms with Crippen LogP contribution >= 0.6 is 0 Å². The second kappa shape index (κ2) is 7.59. The van der Waals surface area contributed by atoms with Crippen molar-refractivity contribution in [2.24, 2.45) is 5.41 Å². The average Bonchev–Trinajstić information content (AvgIpc) is 3.43. The van der Waals surface area contributed by atoms with Crippen LogP contribution < -0.4 is 5.32 Å². The molecule has 1 saturated carbocycles. The summed E-state index contributed by atoms with van der Waals surface area (Å²) in [5, 5.41) is 24.9. The lowest BCUT2D eigenvalue weighted by Gasteiger charge is -2.22. The van der Waals surface area contributed by atoms with Gasteiger partial charge in [-0.25, -0.2) is 0 Å². The van der Waals surface area contributed by atoms with Gasteiger partial charge in [-0.05, 0) is 24.5 Å². The van der Waals surface area contributed by atoms with Crippen LogP contribution in [0.3, 0.4) is 0 Å². The Bertz CT molecular complexity index is 755. The van der Waals surface area contributed by atoms with Crippen LogP contribution in [0.5, 0.6) is 0 Å². The lowest BCUT2D eigenvalue weighted by atomic mass is 9.93. The van der Waals surface area contributed by atoms with Gasteiger partial charge in [0.15, 0.2) is 0 Å². The van der Waals surface area contributed by atoms with Crippen molar-refractivity contribution < 1.29 is 10.0 Å². The fraction of sp³-hybridized carbons (Fsp3) is 0.300. The largest absolute Gasteiger partial charge is 0.388 e. The molecule has 2 N–H and O–H groups in total. The molecule has 1 aliphatic rings. The molecule has 5 nitrogen and oxygen atoms in total. The van der Waals surface area contributed by atoms with Crippen molar-refractivity contribution >= 4 is 11.8 Å². The van der Waals surface area contributed by atoms with Crippen LogP contribution in [0, 0.1) is 15.5 Å². The molecule has 0 spiro atoms. The fourth-order valence-electron chi connectivity index (χ4n) is 3.08. The van der Waals surface area contributed by atoms with Crippen molar-refractivity contribution in [2.75, 3.05) is 13.1 Å². The highest BCUT2D eigenvalue weighted by atomic mass is 16.6. The number of aliphatic hydroxyl groups is 1. The third kappa shape index (κ3) is 4.13. The van der Waals surface area contributed by atoms with Gasteiger partial charge >= 0.3 is 0 Å². The number of nitro benzene ring substituents is 1. The maximum absolute atomic E-state index is 11.0. The number of nitrogens with one attached hydrogen (secondary N) is 1. The molecule has 2 aromatic carbocycles. The van der Waals surface area contributed by atoms with Crippen LogP contribution in [0.2, 0.25) is 0 Å². The average molecular weight is 338 g/mol. The maximum atomic E-state index is 11.0. The third-order valence-electron chi connectivity index (χ3n) is 4.76. The molecular weight excluding hydrogens is 316 g/mol. The molecule has 1 aliphatic carbocycles. The Morgan fingerprint density at radius 1 is 1.16 bits per heavy atom. The number of hydrogen-bond donors (Lipinski definition) is 2. The summed E-state index contributed by atoms with van der Waals surface area (Å²) in [6.45, 7) is 1.33. The van der Waals surface area contributed by atoms with E-state index in [-0.39, 0.29) is 16.0 Å². The van der Waals surface area contributed by atoms with Gasteiger partial charge in [-0.3, -0.25) is 10.1 Å². The zero-order chi connectivity index (χ0) is 17.7. The summed E-state index contributed by atoms with van der Waals surface area (Å²) < 4.78 is 0. The molecule has 0 heterocycles. The molecule has 130 valence electrons. The molecule has 0 amide bonds. The second-order valence-electron chi connectivity index (χ2n) is 6.52. The second-order valence-corrected chi connectivity index (χ2v) is 6.52. The lowest BCUT2D eigenvalue weighted by Crippen LogP contribution is -2.29. The summed E-state index contributed by atoms with van der Waals surface area (Å²) in [5.41, 5.74) is 1.57. The van der Waals surface area contributed by atoms with Crippen LogP contribution in [-0.4, -0.2) is 23.1 Å². The van der Waals surface area contributed by atoms with Gasteiger partial charge in [0.2, 0.25) is 0 Å². The minimum Gasteiger partial charge on any atom is -0.388 e. The Balaban J connectivity index is 1.53. The molecule has 1 atom stereocenters. The first-order valence-electron chi connectivity index (χ1n) is 8.46. The molecule has 1 unspecified atom stereocenters. The minimum absolute atomic E-state index is 0.0893. The highest BCUT2D eigenvalue weighted by molar-refractivity contribution is 5.60. The Kier molecular flexibility index (Phi) is 5.26. The first-order valence-corrected chi connectivity index (χ1v) is 8.46. The molecule has 0 aromatic heterocycles. The zero-order valence-electron chi connectivity index (χ0n) is 14.0. The van der Waals surface area contributed by atoms with E-state index in [0.717, 1.165) is 24.9 Å². The highest BCUT2D eigenvalue weighted by Crippen LogP contribution is 2.54. The first kappa shape index (κ1) is 17.3. The van der Waals surface area contributed by atoms with E-state index < -0.39 is 6.10 Å². The van der Waals surface area contributed by atoms with Gasteiger partial charge in [-0.15, -0.1) is 0 Å². The summed E-state index contributed by atoms with van der Waals surface area (Å²) in [5.74, 6) is 0. The van der Waals surface area contributed by atoms with Gasteiger partial charge in [0, 0.05) is 24.6 Å². The van der Waals surface area contributed by atoms with E-state index in [1.54, 1.807) is 24.3 Å². The normalized spacial score (nSPS) is 16.7. The van der Waals surface area contributed by atoms with E-state index in [9.17, 15) is 15.2 Å². The maximum Gasteiger partial charge on any atom is 0.276 e. The predicted octanol–water partition coefficient (Wildman–Crippen LogP) is 3.71. The van der Waals surface area contributed by atoms with E-state index in [4.69, 9.17) is 0 Å². The SMILES string of the molecule is O=[N+]([O-])c1ccccc1/C=C/CNCC1(C(O)c2ccccc2)CC1. The minimum atomic E-state index is -0.458. The van der Waals surface area contributed by atoms with Gasteiger partial charge in [0.05, 0.1) is 16.6 Å². The van der Waals surface area contributed by atoms with Crippen molar-refractivity contribution in [1.29, 1.82) is 0 Å². The standard InChI is InChI=1S/C20H22N2O3/c23-19(17-8-2-1-3-9-17)20(12-13-20)15-21-14-6-10-16-7-4-5-11-18(16)22(24)25/h1-11,19,21,23H,12-15H2/b10-6+. The van der Waals surface area contributed by atoms with Crippen molar-refractivity contribution in [3.63, 3.8) is 0 Å². The molecule has 3 rings (SSSR count). The Morgan fingerprint density at radius 3 is 2.52 bits per heavy atom. The van der Waals surface area contributed by atoms with Crippen molar-refractivity contribution in [3.8, 4) is 0 Å².